The van der Waals surface area contributed by atoms with Gasteiger partial charge in [-0.15, -0.1) is 0 Å². The number of rotatable bonds is 7. The number of amides is 1. The van der Waals surface area contributed by atoms with Crippen LogP contribution in [0.3, 0.4) is 0 Å². The monoisotopic (exact) mass is 431 g/mol. The normalized spacial score (nSPS) is 16.4. The Morgan fingerprint density at radius 2 is 1.73 bits per heavy atom. The highest BCUT2D eigenvalue weighted by molar-refractivity contribution is 7.85. The maximum absolute atomic E-state index is 12.7. The molecule has 1 heterocycles. The molecule has 0 N–H and O–H groups in total. The first-order valence-corrected chi connectivity index (χ1v) is 11.7. The number of carbonyl (C=O) groups is 1. The Bertz CT molecular complexity index is 967. The third-order valence-corrected chi connectivity index (χ3v) is 6.04. The van der Waals surface area contributed by atoms with Crippen molar-refractivity contribution in [2.24, 2.45) is 0 Å². The van der Waals surface area contributed by atoms with Crippen molar-refractivity contribution in [2.45, 2.75) is 57.6 Å². The molecule has 1 aliphatic rings. The van der Waals surface area contributed by atoms with Crippen LogP contribution in [-0.4, -0.2) is 31.6 Å². The number of nitrogens with zero attached hydrogens (tertiary/aromatic N) is 1. The third kappa shape index (κ3) is 6.06. The molecular formula is C23H29NO5S. The van der Waals surface area contributed by atoms with E-state index in [2.05, 4.69) is 0 Å². The fourth-order valence-electron chi connectivity index (χ4n) is 3.57. The van der Waals surface area contributed by atoms with Crippen molar-refractivity contribution in [3.63, 3.8) is 0 Å². The summed E-state index contributed by atoms with van der Waals surface area (Å²) in [5.74, 6) is -0.149. The third-order valence-electron chi connectivity index (χ3n) is 4.83. The summed E-state index contributed by atoms with van der Waals surface area (Å²) >= 11 is 0. The fraction of sp³-hybridized carbons (Fsp3) is 0.435. The Morgan fingerprint density at radius 3 is 2.43 bits per heavy atom. The van der Waals surface area contributed by atoms with E-state index in [1.807, 2.05) is 51.1 Å². The van der Waals surface area contributed by atoms with Crippen molar-refractivity contribution in [3.05, 3.63) is 71.3 Å². The van der Waals surface area contributed by atoms with Crippen LogP contribution < -0.4 is 0 Å². The minimum Gasteiger partial charge on any atom is -0.444 e. The summed E-state index contributed by atoms with van der Waals surface area (Å²) in [7, 11) is -3.65. The molecule has 0 unspecified atom stereocenters. The van der Waals surface area contributed by atoms with E-state index in [1.54, 1.807) is 29.2 Å². The predicted molar refractivity (Wildman–Crippen MR) is 115 cm³/mol. The molecule has 1 atom stereocenters. The molecule has 0 bridgehead atoms. The van der Waals surface area contributed by atoms with Crippen molar-refractivity contribution in [1.29, 1.82) is 0 Å². The van der Waals surface area contributed by atoms with Crippen molar-refractivity contribution in [3.8, 4) is 0 Å². The predicted octanol–water partition coefficient (Wildman–Crippen LogP) is 4.81. The number of benzene rings is 2. The van der Waals surface area contributed by atoms with Crippen LogP contribution in [0.4, 0.5) is 4.79 Å². The molecule has 7 heteroatoms. The summed E-state index contributed by atoms with van der Waals surface area (Å²) in [6.45, 7) is 6.09. The van der Waals surface area contributed by atoms with Gasteiger partial charge in [0.2, 0.25) is 0 Å². The maximum atomic E-state index is 12.7. The molecular weight excluding hydrogens is 402 g/mol. The summed E-state index contributed by atoms with van der Waals surface area (Å²) in [6.07, 6.45) is 0.741. The summed E-state index contributed by atoms with van der Waals surface area (Å²) in [4.78, 5) is 14.4. The molecule has 0 aliphatic carbocycles. The lowest BCUT2D eigenvalue weighted by molar-refractivity contribution is 0.0159. The number of ether oxygens (including phenoxy) is 1. The second-order valence-corrected chi connectivity index (χ2v) is 10.1. The Kier molecular flexibility index (Phi) is 6.83. The molecule has 6 nitrogen and oxygen atoms in total. The van der Waals surface area contributed by atoms with Gasteiger partial charge in [0.15, 0.2) is 0 Å². The van der Waals surface area contributed by atoms with Gasteiger partial charge in [-0.2, -0.15) is 8.42 Å². The van der Waals surface area contributed by atoms with Crippen LogP contribution in [0.2, 0.25) is 0 Å². The van der Waals surface area contributed by atoms with Gasteiger partial charge < -0.3 is 4.74 Å². The van der Waals surface area contributed by atoms with Gasteiger partial charge in [-0.3, -0.25) is 9.08 Å². The van der Waals surface area contributed by atoms with Gasteiger partial charge in [-0.1, -0.05) is 54.6 Å². The lowest BCUT2D eigenvalue weighted by Gasteiger charge is -2.29. The molecule has 1 amide bonds. The number of carbonyl (C=O) groups excluding carboxylic acids is 1. The standard InChI is InChI=1S/C23H29NO5S/c1-23(2,3)29-22(25)24-16-19-12-7-8-13-20(19)21(24)14-9-15-28-30(26,27)17-18-10-5-4-6-11-18/h4-8,10-13,21H,9,14-17H2,1-3H3/t21-/m1/s1. The fourth-order valence-corrected chi connectivity index (χ4v) is 4.63. The van der Waals surface area contributed by atoms with Crippen LogP contribution in [0.1, 0.15) is 56.3 Å². The molecule has 0 fully saturated rings. The van der Waals surface area contributed by atoms with E-state index in [9.17, 15) is 13.2 Å². The summed E-state index contributed by atoms with van der Waals surface area (Å²) < 4.78 is 35.2. The Hall–Kier alpha value is -2.38. The zero-order valence-corrected chi connectivity index (χ0v) is 18.5. The lowest BCUT2D eigenvalue weighted by Crippen LogP contribution is -2.35. The second-order valence-electron chi connectivity index (χ2n) is 8.47. The summed E-state index contributed by atoms with van der Waals surface area (Å²) in [5, 5.41) is 0. The molecule has 0 radical (unpaired) electrons. The first-order chi connectivity index (χ1) is 14.1. The molecule has 162 valence electrons. The molecule has 2 aromatic rings. The van der Waals surface area contributed by atoms with Crippen LogP contribution in [0.5, 0.6) is 0 Å². The molecule has 0 spiro atoms. The largest absolute Gasteiger partial charge is 0.444 e. The Morgan fingerprint density at radius 1 is 1.07 bits per heavy atom. The first-order valence-electron chi connectivity index (χ1n) is 10.1. The molecule has 0 saturated carbocycles. The van der Waals surface area contributed by atoms with Crippen LogP contribution in [-0.2, 0) is 31.3 Å². The number of hydrogen-bond donors (Lipinski definition) is 0. The molecule has 2 aromatic carbocycles. The zero-order chi connectivity index (χ0) is 21.8. The maximum Gasteiger partial charge on any atom is 0.411 e. The number of hydrogen-bond acceptors (Lipinski definition) is 5. The van der Waals surface area contributed by atoms with Crippen LogP contribution >= 0.6 is 0 Å². The summed E-state index contributed by atoms with van der Waals surface area (Å²) in [6, 6.07) is 16.7. The van der Waals surface area contributed by atoms with E-state index < -0.39 is 15.7 Å². The smallest absolute Gasteiger partial charge is 0.411 e. The average molecular weight is 432 g/mol. The van der Waals surface area contributed by atoms with E-state index in [4.69, 9.17) is 8.92 Å². The van der Waals surface area contributed by atoms with Gasteiger partial charge in [0, 0.05) is 6.54 Å². The van der Waals surface area contributed by atoms with Gasteiger partial charge in [-0.25, -0.2) is 4.79 Å². The van der Waals surface area contributed by atoms with Crippen molar-refractivity contribution in [2.75, 3.05) is 6.61 Å². The zero-order valence-electron chi connectivity index (χ0n) is 17.7. The van der Waals surface area contributed by atoms with Crippen LogP contribution in [0.15, 0.2) is 54.6 Å². The van der Waals surface area contributed by atoms with Crippen molar-refractivity contribution >= 4 is 16.2 Å². The molecule has 0 aromatic heterocycles. The van der Waals surface area contributed by atoms with E-state index in [-0.39, 0.29) is 24.5 Å². The highest BCUT2D eigenvalue weighted by Crippen LogP contribution is 2.37. The van der Waals surface area contributed by atoms with E-state index >= 15 is 0 Å². The Labute approximate surface area is 178 Å². The average Bonchev–Trinajstić information content (AvgIpc) is 3.03. The van der Waals surface area contributed by atoms with Crippen molar-refractivity contribution < 1.29 is 22.1 Å². The van der Waals surface area contributed by atoms with E-state index in [0.717, 1.165) is 11.1 Å². The van der Waals surface area contributed by atoms with Gasteiger partial charge in [0.05, 0.1) is 12.6 Å². The first kappa shape index (κ1) is 22.3. The van der Waals surface area contributed by atoms with Crippen LogP contribution in [0, 0.1) is 0 Å². The molecule has 0 saturated heterocycles. The SMILES string of the molecule is CC(C)(C)OC(=O)N1Cc2ccccc2[C@H]1CCCOS(=O)(=O)Cc1ccccc1. The molecule has 3 rings (SSSR count). The lowest BCUT2D eigenvalue weighted by atomic mass is 10.0. The Balaban J connectivity index is 1.59. The quantitative estimate of drug-likeness (QED) is 0.465. The van der Waals surface area contributed by atoms with E-state index in [1.165, 1.54) is 0 Å². The second kappa shape index (κ2) is 9.18. The molecule has 1 aliphatic heterocycles. The van der Waals surface area contributed by atoms with Crippen molar-refractivity contribution in [1.82, 2.24) is 4.90 Å². The minimum atomic E-state index is -3.65. The van der Waals surface area contributed by atoms with Crippen LogP contribution in [0.25, 0.3) is 0 Å². The highest BCUT2D eigenvalue weighted by Gasteiger charge is 2.35. The number of fused-ring (bicyclic) bond motifs is 1. The molecule has 30 heavy (non-hydrogen) atoms. The summed E-state index contributed by atoms with van der Waals surface area (Å²) in [5.41, 5.74) is 2.28. The van der Waals surface area contributed by atoms with Gasteiger partial charge >= 0.3 is 6.09 Å². The van der Waals surface area contributed by atoms with Gasteiger partial charge in [0.25, 0.3) is 10.1 Å². The van der Waals surface area contributed by atoms with Gasteiger partial charge in [0.1, 0.15) is 11.4 Å². The minimum absolute atomic E-state index is 0.0794. The topological polar surface area (TPSA) is 72.9 Å². The highest BCUT2D eigenvalue weighted by atomic mass is 32.2. The van der Waals surface area contributed by atoms with E-state index in [0.29, 0.717) is 24.9 Å². The van der Waals surface area contributed by atoms with Gasteiger partial charge in [-0.05, 0) is 50.3 Å².